The first-order chi connectivity index (χ1) is 14.1. The molecule has 1 aromatic heterocycles. The van der Waals surface area contributed by atoms with Crippen LogP contribution in [0.3, 0.4) is 0 Å². The van der Waals surface area contributed by atoms with Gasteiger partial charge in [0, 0.05) is 18.5 Å². The third-order valence-electron chi connectivity index (χ3n) is 5.72. The number of rotatable bonds is 6. The first kappa shape index (κ1) is 19.3. The molecule has 0 N–H and O–H groups in total. The SMILES string of the molecule is Cc1ccc(C2CCCN2C(=O)CCCn2nnc(-c3ccccc3)n2)cc1C. The summed E-state index contributed by atoms with van der Waals surface area (Å²) in [5, 5.41) is 12.7. The van der Waals surface area contributed by atoms with Gasteiger partial charge in [0.15, 0.2) is 0 Å². The van der Waals surface area contributed by atoms with Gasteiger partial charge in [-0.2, -0.15) is 4.80 Å². The van der Waals surface area contributed by atoms with Crippen molar-refractivity contribution in [3.63, 3.8) is 0 Å². The van der Waals surface area contributed by atoms with Crippen molar-refractivity contribution in [1.29, 1.82) is 0 Å². The van der Waals surface area contributed by atoms with Gasteiger partial charge in [0.1, 0.15) is 0 Å². The van der Waals surface area contributed by atoms with E-state index in [0.717, 1.165) is 24.9 Å². The van der Waals surface area contributed by atoms with E-state index in [9.17, 15) is 4.79 Å². The Morgan fingerprint density at radius 1 is 1.10 bits per heavy atom. The van der Waals surface area contributed by atoms with Gasteiger partial charge < -0.3 is 4.90 Å². The summed E-state index contributed by atoms with van der Waals surface area (Å²) < 4.78 is 0. The standard InChI is InChI=1S/C23H27N5O/c1-17-12-13-20(16-18(17)2)21-10-6-14-27(21)22(29)11-7-15-28-25-23(24-26-28)19-8-4-3-5-9-19/h3-5,8-9,12-13,16,21H,6-7,10-11,14-15H2,1-2H3. The highest BCUT2D eigenvalue weighted by molar-refractivity contribution is 5.77. The lowest BCUT2D eigenvalue weighted by Gasteiger charge is -2.25. The fourth-order valence-electron chi connectivity index (χ4n) is 3.94. The smallest absolute Gasteiger partial charge is 0.223 e. The number of benzene rings is 2. The Morgan fingerprint density at radius 3 is 2.72 bits per heavy atom. The van der Waals surface area contributed by atoms with Gasteiger partial charge in [-0.25, -0.2) is 0 Å². The molecule has 150 valence electrons. The van der Waals surface area contributed by atoms with Crippen LogP contribution < -0.4 is 0 Å². The number of amides is 1. The third-order valence-corrected chi connectivity index (χ3v) is 5.72. The zero-order chi connectivity index (χ0) is 20.2. The maximum Gasteiger partial charge on any atom is 0.223 e. The first-order valence-corrected chi connectivity index (χ1v) is 10.3. The number of carbonyl (C=O) groups is 1. The summed E-state index contributed by atoms with van der Waals surface area (Å²) in [5.74, 6) is 0.834. The van der Waals surface area contributed by atoms with Crippen LogP contribution in [-0.4, -0.2) is 37.6 Å². The minimum Gasteiger partial charge on any atom is -0.336 e. The van der Waals surface area contributed by atoms with E-state index in [0.29, 0.717) is 25.2 Å². The molecule has 0 aliphatic carbocycles. The summed E-state index contributed by atoms with van der Waals surface area (Å²) >= 11 is 0. The van der Waals surface area contributed by atoms with E-state index >= 15 is 0 Å². The summed E-state index contributed by atoms with van der Waals surface area (Å²) in [4.78, 5) is 16.5. The Balaban J connectivity index is 1.33. The highest BCUT2D eigenvalue weighted by Gasteiger charge is 2.29. The number of hydrogen-bond donors (Lipinski definition) is 0. The average molecular weight is 390 g/mol. The highest BCUT2D eigenvalue weighted by atomic mass is 16.2. The number of aromatic nitrogens is 4. The van der Waals surface area contributed by atoms with Crippen LogP contribution in [0.1, 0.15) is 48.4 Å². The molecule has 4 rings (SSSR count). The van der Waals surface area contributed by atoms with Crippen LogP contribution in [0, 0.1) is 13.8 Å². The second-order valence-corrected chi connectivity index (χ2v) is 7.77. The maximum atomic E-state index is 12.9. The largest absolute Gasteiger partial charge is 0.336 e. The Hall–Kier alpha value is -3.02. The Bertz CT molecular complexity index is 982. The van der Waals surface area contributed by atoms with Crippen molar-refractivity contribution < 1.29 is 4.79 Å². The molecule has 0 bridgehead atoms. The number of aryl methyl sites for hydroxylation is 3. The zero-order valence-electron chi connectivity index (χ0n) is 17.1. The van der Waals surface area contributed by atoms with E-state index in [-0.39, 0.29) is 11.9 Å². The van der Waals surface area contributed by atoms with E-state index in [1.165, 1.54) is 16.7 Å². The molecule has 1 unspecified atom stereocenters. The maximum absolute atomic E-state index is 12.9. The van der Waals surface area contributed by atoms with E-state index in [1.807, 2.05) is 35.2 Å². The van der Waals surface area contributed by atoms with Crippen LogP contribution in [0.25, 0.3) is 11.4 Å². The molecular weight excluding hydrogens is 362 g/mol. The monoisotopic (exact) mass is 389 g/mol. The van der Waals surface area contributed by atoms with Gasteiger partial charge in [-0.15, -0.1) is 10.2 Å². The van der Waals surface area contributed by atoms with Crippen LogP contribution in [0.15, 0.2) is 48.5 Å². The van der Waals surface area contributed by atoms with Gasteiger partial charge in [-0.05, 0) is 55.0 Å². The van der Waals surface area contributed by atoms with Crippen molar-refractivity contribution in [2.45, 2.75) is 52.1 Å². The second kappa shape index (κ2) is 8.55. The van der Waals surface area contributed by atoms with Crippen molar-refractivity contribution in [2.75, 3.05) is 6.54 Å². The quantitative estimate of drug-likeness (QED) is 0.637. The van der Waals surface area contributed by atoms with Crippen molar-refractivity contribution in [2.24, 2.45) is 0 Å². The van der Waals surface area contributed by atoms with Crippen LogP contribution in [-0.2, 0) is 11.3 Å². The van der Waals surface area contributed by atoms with Crippen molar-refractivity contribution >= 4 is 5.91 Å². The number of hydrogen-bond acceptors (Lipinski definition) is 4. The first-order valence-electron chi connectivity index (χ1n) is 10.3. The molecule has 0 saturated carbocycles. The average Bonchev–Trinajstić information content (AvgIpc) is 3.40. The van der Waals surface area contributed by atoms with Gasteiger partial charge >= 0.3 is 0 Å². The zero-order valence-corrected chi connectivity index (χ0v) is 17.1. The molecule has 2 heterocycles. The van der Waals surface area contributed by atoms with Crippen LogP contribution in [0.5, 0.6) is 0 Å². The molecule has 1 aliphatic heterocycles. The molecule has 2 aromatic carbocycles. The summed E-state index contributed by atoms with van der Waals surface area (Å²) in [7, 11) is 0. The molecular formula is C23H27N5O. The van der Waals surface area contributed by atoms with Gasteiger partial charge in [0.25, 0.3) is 0 Å². The van der Waals surface area contributed by atoms with Gasteiger partial charge in [0.05, 0.1) is 12.6 Å². The van der Waals surface area contributed by atoms with Crippen LogP contribution >= 0.6 is 0 Å². The molecule has 0 radical (unpaired) electrons. The Morgan fingerprint density at radius 2 is 1.93 bits per heavy atom. The van der Waals surface area contributed by atoms with Crippen molar-refractivity contribution in [3.8, 4) is 11.4 Å². The molecule has 1 fully saturated rings. The number of nitrogens with zero attached hydrogens (tertiary/aromatic N) is 5. The lowest BCUT2D eigenvalue weighted by atomic mass is 9.99. The molecule has 3 aromatic rings. The second-order valence-electron chi connectivity index (χ2n) is 7.77. The van der Waals surface area contributed by atoms with E-state index < -0.39 is 0 Å². The molecule has 6 nitrogen and oxygen atoms in total. The fraction of sp³-hybridized carbons (Fsp3) is 0.391. The van der Waals surface area contributed by atoms with E-state index in [4.69, 9.17) is 0 Å². The van der Waals surface area contributed by atoms with E-state index in [2.05, 4.69) is 47.5 Å². The minimum absolute atomic E-state index is 0.205. The predicted octanol–water partition coefficient (Wildman–Crippen LogP) is 4.10. The van der Waals surface area contributed by atoms with Gasteiger partial charge in [0.2, 0.25) is 11.7 Å². The highest BCUT2D eigenvalue weighted by Crippen LogP contribution is 2.33. The van der Waals surface area contributed by atoms with Gasteiger partial charge in [-0.3, -0.25) is 4.79 Å². The third kappa shape index (κ3) is 4.36. The molecule has 1 saturated heterocycles. The van der Waals surface area contributed by atoms with Crippen LogP contribution in [0.2, 0.25) is 0 Å². The number of likely N-dealkylation sites (tertiary alicyclic amines) is 1. The molecule has 1 aliphatic rings. The lowest BCUT2D eigenvalue weighted by Crippen LogP contribution is -2.30. The van der Waals surface area contributed by atoms with Gasteiger partial charge in [-0.1, -0.05) is 48.5 Å². The van der Waals surface area contributed by atoms with Crippen molar-refractivity contribution in [1.82, 2.24) is 25.1 Å². The Labute approximate surface area is 171 Å². The summed E-state index contributed by atoms with van der Waals surface area (Å²) in [6.07, 6.45) is 3.32. The fourth-order valence-corrected chi connectivity index (χ4v) is 3.94. The summed E-state index contributed by atoms with van der Waals surface area (Å²) in [5.41, 5.74) is 4.78. The lowest BCUT2D eigenvalue weighted by molar-refractivity contribution is -0.132. The van der Waals surface area contributed by atoms with Crippen molar-refractivity contribution in [3.05, 3.63) is 65.2 Å². The number of carbonyl (C=O) groups excluding carboxylic acids is 1. The normalized spacial score (nSPS) is 16.3. The minimum atomic E-state index is 0.205. The predicted molar refractivity (Wildman–Crippen MR) is 112 cm³/mol. The molecule has 6 heteroatoms. The molecule has 1 atom stereocenters. The molecule has 1 amide bonds. The number of tetrazole rings is 1. The van der Waals surface area contributed by atoms with Crippen LogP contribution in [0.4, 0.5) is 0 Å². The topological polar surface area (TPSA) is 63.9 Å². The molecule has 0 spiro atoms. The summed E-state index contributed by atoms with van der Waals surface area (Å²) in [6, 6.07) is 16.6. The summed E-state index contributed by atoms with van der Waals surface area (Å²) in [6.45, 7) is 5.69. The Kier molecular flexibility index (Phi) is 5.69. The van der Waals surface area contributed by atoms with E-state index in [1.54, 1.807) is 4.80 Å². The molecule has 29 heavy (non-hydrogen) atoms.